The van der Waals surface area contributed by atoms with E-state index in [0.717, 1.165) is 12.0 Å². The monoisotopic (exact) mass is 289 g/mol. The summed E-state index contributed by atoms with van der Waals surface area (Å²) >= 11 is 5.50. The van der Waals surface area contributed by atoms with Crippen LogP contribution in [0.4, 0.5) is 0 Å². The second-order valence-electron chi connectivity index (χ2n) is 4.30. The van der Waals surface area contributed by atoms with Crippen LogP contribution in [0.5, 0.6) is 0 Å². The van der Waals surface area contributed by atoms with Crippen LogP contribution in [-0.2, 0) is 16.4 Å². The molecule has 0 aliphatic heterocycles. The van der Waals surface area contributed by atoms with Crippen LogP contribution in [0.25, 0.3) is 0 Å². The van der Waals surface area contributed by atoms with Crippen molar-refractivity contribution in [3.05, 3.63) is 35.4 Å². The number of hydrogen-bond donors (Lipinski definition) is 1. The Hall–Kier alpha value is -0.580. The molecule has 0 saturated heterocycles. The molecule has 1 aromatic carbocycles. The fraction of sp³-hybridized carbons (Fsp3) is 0.538. The zero-order valence-electron chi connectivity index (χ0n) is 10.8. The van der Waals surface area contributed by atoms with Crippen molar-refractivity contribution in [3.8, 4) is 0 Å². The number of benzene rings is 1. The third-order valence-electron chi connectivity index (χ3n) is 2.79. The molecule has 0 heterocycles. The molecule has 1 unspecified atom stereocenters. The molecule has 0 saturated carbocycles. The Bertz CT molecular complexity index is 456. The fourth-order valence-electron chi connectivity index (χ4n) is 1.68. The van der Waals surface area contributed by atoms with Gasteiger partial charge in [-0.1, -0.05) is 31.2 Å². The van der Waals surface area contributed by atoms with Crippen LogP contribution in [0.15, 0.2) is 24.3 Å². The zero-order valence-corrected chi connectivity index (χ0v) is 12.4. The maximum atomic E-state index is 11.7. The van der Waals surface area contributed by atoms with E-state index in [0.29, 0.717) is 12.3 Å². The van der Waals surface area contributed by atoms with E-state index in [1.54, 1.807) is 0 Å². The van der Waals surface area contributed by atoms with E-state index in [1.165, 1.54) is 5.56 Å². The third-order valence-corrected chi connectivity index (χ3v) is 4.60. The van der Waals surface area contributed by atoms with Crippen molar-refractivity contribution in [1.29, 1.82) is 0 Å². The van der Waals surface area contributed by atoms with Gasteiger partial charge in [0.25, 0.3) is 0 Å². The Morgan fingerprint density at radius 1 is 1.28 bits per heavy atom. The highest BCUT2D eigenvalue weighted by Gasteiger charge is 2.15. The molecule has 0 spiro atoms. The first kappa shape index (κ1) is 15.5. The van der Waals surface area contributed by atoms with Crippen LogP contribution in [0.2, 0.25) is 0 Å². The molecule has 5 heteroatoms. The molecule has 0 aromatic heterocycles. The SMILES string of the molecule is CCc1ccc(C(C)NS(=O)(=O)CCCCl)cc1. The summed E-state index contributed by atoms with van der Waals surface area (Å²) in [5.74, 6) is 0.439. The Morgan fingerprint density at radius 3 is 2.39 bits per heavy atom. The fourth-order valence-corrected chi connectivity index (χ4v) is 3.29. The number of nitrogens with one attached hydrogen (secondary N) is 1. The van der Waals surface area contributed by atoms with Crippen molar-refractivity contribution in [2.75, 3.05) is 11.6 Å². The predicted molar refractivity (Wildman–Crippen MR) is 76.5 cm³/mol. The highest BCUT2D eigenvalue weighted by Crippen LogP contribution is 2.15. The summed E-state index contributed by atoms with van der Waals surface area (Å²) in [6.07, 6.45) is 1.45. The molecule has 1 N–H and O–H groups in total. The normalized spacial score (nSPS) is 13.5. The second kappa shape index (κ2) is 7.12. The number of halogens is 1. The minimum Gasteiger partial charge on any atom is -0.212 e. The van der Waals surface area contributed by atoms with Crippen molar-refractivity contribution < 1.29 is 8.42 Å². The lowest BCUT2D eigenvalue weighted by molar-refractivity contribution is 0.565. The van der Waals surface area contributed by atoms with Gasteiger partial charge in [0.05, 0.1) is 5.75 Å². The second-order valence-corrected chi connectivity index (χ2v) is 6.55. The zero-order chi connectivity index (χ0) is 13.6. The van der Waals surface area contributed by atoms with Gasteiger partial charge in [-0.2, -0.15) is 0 Å². The van der Waals surface area contributed by atoms with E-state index in [-0.39, 0.29) is 11.8 Å². The first-order chi connectivity index (χ1) is 8.48. The van der Waals surface area contributed by atoms with Crippen molar-refractivity contribution in [2.24, 2.45) is 0 Å². The van der Waals surface area contributed by atoms with Gasteiger partial charge in [0.2, 0.25) is 10.0 Å². The highest BCUT2D eigenvalue weighted by molar-refractivity contribution is 7.89. The average Bonchev–Trinajstić information content (AvgIpc) is 2.36. The molecule has 1 rings (SSSR count). The van der Waals surface area contributed by atoms with E-state index in [2.05, 4.69) is 11.6 Å². The lowest BCUT2D eigenvalue weighted by Crippen LogP contribution is -2.29. The van der Waals surface area contributed by atoms with Gasteiger partial charge in [0.1, 0.15) is 0 Å². The van der Waals surface area contributed by atoms with Gasteiger partial charge < -0.3 is 0 Å². The first-order valence-corrected chi connectivity index (χ1v) is 8.32. The topological polar surface area (TPSA) is 46.2 Å². The van der Waals surface area contributed by atoms with Gasteiger partial charge in [0.15, 0.2) is 0 Å². The van der Waals surface area contributed by atoms with Gasteiger partial charge >= 0.3 is 0 Å². The molecule has 0 aliphatic rings. The molecular formula is C13H20ClNO2S. The molecular weight excluding hydrogens is 270 g/mol. The summed E-state index contributed by atoms with van der Waals surface area (Å²) in [6, 6.07) is 7.77. The number of aryl methyl sites for hydroxylation is 1. The molecule has 102 valence electrons. The third kappa shape index (κ3) is 4.96. The molecule has 18 heavy (non-hydrogen) atoms. The molecule has 0 aliphatic carbocycles. The Balaban J connectivity index is 2.66. The van der Waals surface area contributed by atoms with E-state index in [1.807, 2.05) is 31.2 Å². The number of hydrogen-bond acceptors (Lipinski definition) is 2. The molecule has 0 bridgehead atoms. The number of sulfonamides is 1. The minimum atomic E-state index is -3.24. The Labute approximate surface area is 115 Å². The van der Waals surface area contributed by atoms with Gasteiger partial charge in [-0.25, -0.2) is 13.1 Å². The average molecular weight is 290 g/mol. The first-order valence-electron chi connectivity index (χ1n) is 6.13. The highest BCUT2D eigenvalue weighted by atomic mass is 35.5. The van der Waals surface area contributed by atoms with Crippen molar-refractivity contribution in [3.63, 3.8) is 0 Å². The molecule has 0 fully saturated rings. The number of alkyl halides is 1. The standard InChI is InChI=1S/C13H20ClNO2S/c1-3-12-5-7-13(8-6-12)11(2)15-18(16,17)10-4-9-14/h5-8,11,15H,3-4,9-10H2,1-2H3. The van der Waals surface area contributed by atoms with Crippen LogP contribution in [0.1, 0.15) is 37.4 Å². The summed E-state index contributed by atoms with van der Waals surface area (Å²) in [7, 11) is -3.24. The van der Waals surface area contributed by atoms with Crippen molar-refractivity contribution >= 4 is 21.6 Å². The molecule has 0 radical (unpaired) electrons. The van der Waals surface area contributed by atoms with Crippen LogP contribution < -0.4 is 4.72 Å². The lowest BCUT2D eigenvalue weighted by atomic mass is 10.1. The maximum absolute atomic E-state index is 11.7. The van der Waals surface area contributed by atoms with Crippen LogP contribution >= 0.6 is 11.6 Å². The summed E-state index contributed by atoms with van der Waals surface area (Å²) < 4.78 is 26.1. The van der Waals surface area contributed by atoms with Gasteiger partial charge in [0, 0.05) is 11.9 Å². The summed E-state index contributed by atoms with van der Waals surface area (Å²) in [4.78, 5) is 0. The largest absolute Gasteiger partial charge is 0.212 e. The summed E-state index contributed by atoms with van der Waals surface area (Å²) in [5.41, 5.74) is 2.22. The smallest absolute Gasteiger partial charge is 0.212 e. The lowest BCUT2D eigenvalue weighted by Gasteiger charge is -2.14. The molecule has 1 aromatic rings. The van der Waals surface area contributed by atoms with E-state index >= 15 is 0 Å². The van der Waals surface area contributed by atoms with Gasteiger partial charge in [-0.15, -0.1) is 11.6 Å². The summed E-state index contributed by atoms with van der Waals surface area (Å²) in [5, 5.41) is 0. The van der Waals surface area contributed by atoms with Gasteiger partial charge in [-0.3, -0.25) is 0 Å². The molecule has 3 nitrogen and oxygen atoms in total. The molecule has 1 atom stereocenters. The van der Waals surface area contributed by atoms with Gasteiger partial charge in [-0.05, 0) is 30.9 Å². The predicted octanol–water partition coefficient (Wildman–Crippen LogP) is 2.86. The van der Waals surface area contributed by atoms with Crippen molar-refractivity contribution in [1.82, 2.24) is 4.72 Å². The molecule has 0 amide bonds. The Morgan fingerprint density at radius 2 is 1.89 bits per heavy atom. The van der Waals surface area contributed by atoms with Crippen LogP contribution in [0, 0.1) is 0 Å². The maximum Gasteiger partial charge on any atom is 0.212 e. The van der Waals surface area contributed by atoms with E-state index in [4.69, 9.17) is 11.6 Å². The van der Waals surface area contributed by atoms with Crippen molar-refractivity contribution in [2.45, 2.75) is 32.7 Å². The van der Waals surface area contributed by atoms with Crippen LogP contribution in [-0.4, -0.2) is 20.1 Å². The number of rotatable bonds is 7. The summed E-state index contributed by atoms with van der Waals surface area (Å²) in [6.45, 7) is 3.94. The van der Waals surface area contributed by atoms with E-state index < -0.39 is 10.0 Å². The van der Waals surface area contributed by atoms with Crippen LogP contribution in [0.3, 0.4) is 0 Å². The van der Waals surface area contributed by atoms with E-state index in [9.17, 15) is 8.42 Å². The minimum absolute atomic E-state index is 0.0773. The quantitative estimate of drug-likeness (QED) is 0.785. The Kier molecular flexibility index (Phi) is 6.12.